The number of nitrogens with zero attached hydrogens (tertiary/aromatic N) is 1. The molecule has 0 aromatic carbocycles. The van der Waals surface area contributed by atoms with Crippen LogP contribution in [0, 0.1) is 5.41 Å². The van der Waals surface area contributed by atoms with E-state index in [1.165, 1.54) is 12.3 Å². The molecule has 0 aliphatic heterocycles. The van der Waals surface area contributed by atoms with Gasteiger partial charge in [0.25, 0.3) is 0 Å². The summed E-state index contributed by atoms with van der Waals surface area (Å²) in [6, 6.07) is 1.47. The molecule has 0 saturated heterocycles. The highest BCUT2D eigenvalue weighted by molar-refractivity contribution is 9.10. The number of hydrogen-bond donors (Lipinski definition) is 3. The zero-order valence-corrected chi connectivity index (χ0v) is 12.3. The van der Waals surface area contributed by atoms with Crippen LogP contribution in [0.5, 0.6) is 0 Å². The number of nitrogens with two attached hydrogens (primary N) is 1. The molecular weight excluding hydrogens is 320 g/mol. The summed E-state index contributed by atoms with van der Waals surface area (Å²) in [6.45, 7) is 2.49. The van der Waals surface area contributed by atoms with Gasteiger partial charge in [0.2, 0.25) is 10.0 Å². The highest BCUT2D eigenvalue weighted by Crippen LogP contribution is 2.44. The summed E-state index contributed by atoms with van der Waals surface area (Å²) in [5, 5.41) is 0. The molecule has 8 heteroatoms. The number of sulfonamides is 1. The Bertz CT molecular complexity index is 557. The molecule has 4 N–H and O–H groups in total. The Morgan fingerprint density at radius 1 is 1.56 bits per heavy atom. The van der Waals surface area contributed by atoms with Gasteiger partial charge in [0.1, 0.15) is 4.90 Å². The average Bonchev–Trinajstić information content (AvgIpc) is 3.06. The quantitative estimate of drug-likeness (QED) is 0.555. The maximum Gasteiger partial charge on any atom is 0.244 e. The molecule has 1 aliphatic rings. The molecule has 1 saturated carbocycles. The summed E-state index contributed by atoms with van der Waals surface area (Å²) in [4.78, 5) is 3.97. The van der Waals surface area contributed by atoms with Gasteiger partial charge < -0.3 is 5.43 Å². The van der Waals surface area contributed by atoms with Gasteiger partial charge >= 0.3 is 0 Å². The first-order valence-corrected chi connectivity index (χ1v) is 7.76. The topological polar surface area (TPSA) is 97.1 Å². The van der Waals surface area contributed by atoms with E-state index in [0.29, 0.717) is 11.0 Å². The van der Waals surface area contributed by atoms with Gasteiger partial charge in [-0.2, -0.15) is 0 Å². The number of pyridine rings is 1. The molecule has 0 unspecified atom stereocenters. The van der Waals surface area contributed by atoms with E-state index in [1.54, 1.807) is 0 Å². The van der Waals surface area contributed by atoms with Gasteiger partial charge in [-0.25, -0.2) is 24.0 Å². The summed E-state index contributed by atoms with van der Waals surface area (Å²) >= 11 is 3.20. The van der Waals surface area contributed by atoms with E-state index in [9.17, 15) is 8.42 Å². The van der Waals surface area contributed by atoms with Crippen molar-refractivity contribution in [2.24, 2.45) is 11.3 Å². The zero-order chi connectivity index (χ0) is 13.4. The van der Waals surface area contributed by atoms with Gasteiger partial charge in [0.05, 0.1) is 0 Å². The van der Waals surface area contributed by atoms with Crippen molar-refractivity contribution in [2.45, 2.75) is 24.7 Å². The third kappa shape index (κ3) is 3.00. The van der Waals surface area contributed by atoms with Crippen molar-refractivity contribution in [3.63, 3.8) is 0 Å². The molecule has 0 spiro atoms. The van der Waals surface area contributed by atoms with E-state index in [-0.39, 0.29) is 16.1 Å². The van der Waals surface area contributed by atoms with Crippen LogP contribution in [0.2, 0.25) is 0 Å². The van der Waals surface area contributed by atoms with Crippen molar-refractivity contribution in [3.8, 4) is 0 Å². The molecule has 1 aromatic heterocycles. The predicted molar refractivity (Wildman–Crippen MR) is 72.3 cm³/mol. The number of halogens is 1. The largest absolute Gasteiger partial charge is 0.307 e. The molecule has 0 amide bonds. The second-order valence-corrected chi connectivity index (χ2v) is 7.43. The Labute approximate surface area is 115 Å². The van der Waals surface area contributed by atoms with Crippen molar-refractivity contribution >= 4 is 31.8 Å². The minimum absolute atomic E-state index is 0.0450. The van der Waals surface area contributed by atoms with E-state index >= 15 is 0 Å². The summed E-state index contributed by atoms with van der Waals surface area (Å²) in [5.41, 5.74) is 2.39. The molecule has 1 aromatic rings. The third-order valence-electron chi connectivity index (χ3n) is 3.04. The van der Waals surface area contributed by atoms with Crippen LogP contribution in [-0.2, 0) is 10.0 Å². The van der Waals surface area contributed by atoms with Gasteiger partial charge in [-0.3, -0.25) is 0 Å². The maximum atomic E-state index is 12.2. The first-order valence-electron chi connectivity index (χ1n) is 5.48. The monoisotopic (exact) mass is 334 g/mol. The van der Waals surface area contributed by atoms with Crippen molar-refractivity contribution in [2.75, 3.05) is 12.0 Å². The Morgan fingerprint density at radius 2 is 2.22 bits per heavy atom. The molecule has 6 nitrogen and oxygen atoms in total. The van der Waals surface area contributed by atoms with E-state index < -0.39 is 10.0 Å². The lowest BCUT2D eigenvalue weighted by atomic mass is 10.2. The van der Waals surface area contributed by atoms with Crippen molar-refractivity contribution in [3.05, 3.63) is 16.7 Å². The van der Waals surface area contributed by atoms with E-state index in [1.807, 2.05) is 0 Å². The zero-order valence-electron chi connectivity index (χ0n) is 9.90. The number of hydrogen-bond acceptors (Lipinski definition) is 5. The number of aromatic nitrogens is 1. The number of anilines is 1. The minimum atomic E-state index is -3.60. The van der Waals surface area contributed by atoms with Crippen LogP contribution in [0.1, 0.15) is 19.8 Å². The van der Waals surface area contributed by atoms with Crippen LogP contribution in [0.15, 0.2) is 21.6 Å². The third-order valence-corrected chi connectivity index (χ3v) is 4.89. The standard InChI is InChI=1S/C10H15BrN4O2S/c1-10(2-3-10)6-14-18(16,17)8-4-7(11)5-13-9(8)15-12/h4-5,14H,2-3,6,12H2,1H3,(H,13,15). The smallest absolute Gasteiger partial charge is 0.244 e. The Morgan fingerprint density at radius 3 is 2.78 bits per heavy atom. The average molecular weight is 335 g/mol. The summed E-state index contributed by atoms with van der Waals surface area (Å²) < 4.78 is 27.5. The van der Waals surface area contributed by atoms with Crippen molar-refractivity contribution in [1.82, 2.24) is 9.71 Å². The molecule has 0 atom stereocenters. The van der Waals surface area contributed by atoms with Gasteiger partial charge in [-0.05, 0) is 40.3 Å². The fourth-order valence-corrected chi connectivity index (χ4v) is 3.30. The second-order valence-electron chi connectivity index (χ2n) is 4.78. The fraction of sp³-hybridized carbons (Fsp3) is 0.500. The lowest BCUT2D eigenvalue weighted by molar-refractivity contribution is 0.530. The number of nitrogen functional groups attached to an aromatic ring is 1. The molecule has 1 fully saturated rings. The normalized spacial score (nSPS) is 17.5. The second kappa shape index (κ2) is 4.76. The first kappa shape index (κ1) is 13.7. The number of nitrogens with one attached hydrogen (secondary N) is 2. The van der Waals surface area contributed by atoms with Gasteiger partial charge in [-0.15, -0.1) is 0 Å². The van der Waals surface area contributed by atoms with Crippen LogP contribution in [0.3, 0.4) is 0 Å². The Kier molecular flexibility index (Phi) is 3.63. The Hall–Kier alpha value is -0.700. The minimum Gasteiger partial charge on any atom is -0.307 e. The van der Waals surface area contributed by atoms with E-state index in [4.69, 9.17) is 5.84 Å². The predicted octanol–water partition coefficient (Wildman–Crippen LogP) is 1.21. The lowest BCUT2D eigenvalue weighted by Gasteiger charge is -2.13. The Balaban J connectivity index is 2.25. The maximum absolute atomic E-state index is 12.2. The van der Waals surface area contributed by atoms with Gasteiger partial charge in [0, 0.05) is 17.2 Å². The van der Waals surface area contributed by atoms with Gasteiger partial charge in [0.15, 0.2) is 5.82 Å². The van der Waals surface area contributed by atoms with Gasteiger partial charge in [-0.1, -0.05) is 6.92 Å². The molecule has 0 bridgehead atoms. The van der Waals surface area contributed by atoms with Crippen molar-refractivity contribution < 1.29 is 8.42 Å². The van der Waals surface area contributed by atoms with Crippen LogP contribution < -0.4 is 16.0 Å². The van der Waals surface area contributed by atoms with E-state index in [2.05, 4.69) is 38.0 Å². The van der Waals surface area contributed by atoms with Crippen LogP contribution in [0.25, 0.3) is 0 Å². The lowest BCUT2D eigenvalue weighted by Crippen LogP contribution is -2.30. The number of rotatable bonds is 5. The van der Waals surface area contributed by atoms with Crippen LogP contribution >= 0.6 is 15.9 Å². The highest BCUT2D eigenvalue weighted by atomic mass is 79.9. The highest BCUT2D eigenvalue weighted by Gasteiger charge is 2.38. The summed E-state index contributed by atoms with van der Waals surface area (Å²) in [7, 11) is -3.60. The first-order chi connectivity index (χ1) is 8.36. The molecule has 18 heavy (non-hydrogen) atoms. The summed E-state index contributed by atoms with van der Waals surface area (Å²) in [5.74, 6) is 5.40. The molecule has 0 radical (unpaired) electrons. The van der Waals surface area contributed by atoms with Crippen LogP contribution in [0.4, 0.5) is 5.82 Å². The SMILES string of the molecule is CC1(CNS(=O)(=O)c2cc(Br)cnc2NN)CC1. The molecule has 1 heterocycles. The van der Waals surface area contributed by atoms with Crippen LogP contribution in [-0.4, -0.2) is 19.9 Å². The molecule has 2 rings (SSSR count). The summed E-state index contributed by atoms with van der Waals surface area (Å²) in [6.07, 6.45) is 3.58. The molecule has 100 valence electrons. The van der Waals surface area contributed by atoms with E-state index in [0.717, 1.165) is 12.8 Å². The molecular formula is C10H15BrN4O2S. The fourth-order valence-electron chi connectivity index (χ4n) is 1.47. The van der Waals surface area contributed by atoms with Crippen molar-refractivity contribution in [1.29, 1.82) is 0 Å². The number of hydrazine groups is 1. The molecule has 1 aliphatic carbocycles.